The molecule has 0 aliphatic carbocycles. The van der Waals surface area contributed by atoms with Gasteiger partial charge in [0.2, 0.25) is 10.0 Å². The second kappa shape index (κ2) is 8.45. The van der Waals surface area contributed by atoms with Gasteiger partial charge in [-0.3, -0.25) is 0 Å². The summed E-state index contributed by atoms with van der Waals surface area (Å²) >= 11 is 0. The quantitative estimate of drug-likeness (QED) is 0.568. The number of hydrogen-bond acceptors (Lipinski definition) is 7. The highest BCUT2D eigenvalue weighted by Gasteiger charge is 2.39. The second-order valence-electron chi connectivity index (χ2n) is 7.60. The molecule has 3 rings (SSSR count). The summed E-state index contributed by atoms with van der Waals surface area (Å²) in [4.78, 5) is -0.559. The lowest BCUT2D eigenvalue weighted by Crippen LogP contribution is -2.57. The van der Waals surface area contributed by atoms with Crippen molar-refractivity contribution in [2.45, 2.75) is 35.8 Å². The molecule has 2 heterocycles. The van der Waals surface area contributed by atoms with E-state index in [-0.39, 0.29) is 61.3 Å². The molecule has 0 bridgehead atoms. The molecule has 2 fully saturated rings. The third-order valence-corrected chi connectivity index (χ3v) is 10.3. The predicted octanol–water partition coefficient (Wildman–Crippen LogP) is -0.250. The molecule has 1 aromatic rings. The zero-order valence-electron chi connectivity index (χ0n) is 17.1. The molecule has 0 amide bonds. The van der Waals surface area contributed by atoms with Crippen LogP contribution in [0.25, 0.3) is 0 Å². The third kappa shape index (κ3) is 4.71. The van der Waals surface area contributed by atoms with Crippen LogP contribution in [0.5, 0.6) is 0 Å². The number of ether oxygens (including phenoxy) is 1. The standard InChI is InChI=1S/C17H27N3O7S3/c1-14-12-20(13-15(2)27-14)30(25,26)19-10-8-18(9-11-19)29(23,24)17-7-5-4-6-16(17)28(3,21)22/h4-7,14-15H,8-13H2,1-3H3. The highest BCUT2D eigenvalue weighted by molar-refractivity contribution is 7.93. The van der Waals surface area contributed by atoms with Gasteiger partial charge in [0.05, 0.1) is 17.1 Å². The average Bonchev–Trinajstić information content (AvgIpc) is 2.66. The zero-order valence-corrected chi connectivity index (χ0v) is 19.6. The van der Waals surface area contributed by atoms with Gasteiger partial charge in [-0.05, 0) is 26.0 Å². The summed E-state index contributed by atoms with van der Waals surface area (Å²) in [7, 11) is -11.6. The maximum atomic E-state index is 13.1. The minimum atomic E-state index is -4.09. The van der Waals surface area contributed by atoms with Gasteiger partial charge in [-0.15, -0.1) is 0 Å². The van der Waals surface area contributed by atoms with Crippen LogP contribution < -0.4 is 0 Å². The first-order valence-electron chi connectivity index (χ1n) is 9.53. The van der Waals surface area contributed by atoms with Crippen LogP contribution in [-0.4, -0.2) is 95.9 Å². The van der Waals surface area contributed by atoms with E-state index in [1.54, 1.807) is 0 Å². The van der Waals surface area contributed by atoms with E-state index in [9.17, 15) is 25.3 Å². The highest BCUT2D eigenvalue weighted by Crippen LogP contribution is 2.26. The lowest BCUT2D eigenvalue weighted by Gasteiger charge is -2.40. The number of morpholine rings is 1. The third-order valence-electron chi connectivity index (χ3n) is 5.10. The van der Waals surface area contributed by atoms with Gasteiger partial charge in [-0.1, -0.05) is 12.1 Å². The molecule has 0 saturated carbocycles. The second-order valence-corrected chi connectivity index (χ2v) is 13.4. The van der Waals surface area contributed by atoms with Gasteiger partial charge in [0, 0.05) is 45.5 Å². The number of rotatable bonds is 5. The number of sulfone groups is 1. The van der Waals surface area contributed by atoms with Gasteiger partial charge in [-0.2, -0.15) is 21.3 Å². The molecule has 2 saturated heterocycles. The van der Waals surface area contributed by atoms with Crippen molar-refractivity contribution in [1.29, 1.82) is 0 Å². The Morgan fingerprint density at radius 1 is 0.767 bits per heavy atom. The first kappa shape index (κ1) is 23.6. The van der Waals surface area contributed by atoms with Crippen molar-refractivity contribution in [1.82, 2.24) is 12.9 Å². The van der Waals surface area contributed by atoms with Crippen molar-refractivity contribution < 1.29 is 30.0 Å². The summed E-state index contributed by atoms with van der Waals surface area (Å²) in [6.45, 7) is 3.96. The SMILES string of the molecule is CC1CN(S(=O)(=O)N2CCN(S(=O)(=O)c3ccccc3S(C)(=O)=O)CC2)CC(C)O1. The van der Waals surface area contributed by atoms with E-state index in [1.165, 1.54) is 32.9 Å². The summed E-state index contributed by atoms with van der Waals surface area (Å²) in [5.41, 5.74) is 0. The lowest BCUT2D eigenvalue weighted by atomic mass is 10.3. The Kier molecular flexibility index (Phi) is 6.64. The molecule has 1 aromatic carbocycles. The monoisotopic (exact) mass is 481 g/mol. The minimum absolute atomic E-state index is 0.0112. The summed E-state index contributed by atoms with van der Waals surface area (Å²) in [5, 5.41) is 0. The fraction of sp³-hybridized carbons (Fsp3) is 0.647. The molecule has 13 heteroatoms. The molecule has 30 heavy (non-hydrogen) atoms. The molecular weight excluding hydrogens is 454 g/mol. The van der Waals surface area contributed by atoms with Crippen LogP contribution in [0.1, 0.15) is 13.8 Å². The van der Waals surface area contributed by atoms with E-state index < -0.39 is 30.1 Å². The molecule has 10 nitrogen and oxygen atoms in total. The largest absolute Gasteiger partial charge is 0.373 e. The molecule has 0 aromatic heterocycles. The van der Waals surface area contributed by atoms with Gasteiger partial charge in [0.1, 0.15) is 4.90 Å². The first-order valence-corrected chi connectivity index (χ1v) is 14.3. The number of piperazine rings is 1. The van der Waals surface area contributed by atoms with E-state index in [0.717, 1.165) is 10.6 Å². The van der Waals surface area contributed by atoms with Crippen LogP contribution in [0.2, 0.25) is 0 Å². The number of sulfonamides is 1. The Balaban J connectivity index is 1.77. The highest BCUT2D eigenvalue weighted by atomic mass is 32.2. The Bertz CT molecular complexity index is 1090. The van der Waals surface area contributed by atoms with E-state index >= 15 is 0 Å². The van der Waals surface area contributed by atoms with Crippen LogP contribution in [0.3, 0.4) is 0 Å². The molecule has 2 aliphatic heterocycles. The zero-order chi connectivity index (χ0) is 22.3. The lowest BCUT2D eigenvalue weighted by molar-refractivity contribution is -0.0456. The fourth-order valence-corrected chi connectivity index (χ4v) is 8.50. The Morgan fingerprint density at radius 3 is 1.73 bits per heavy atom. The van der Waals surface area contributed by atoms with E-state index in [4.69, 9.17) is 4.74 Å². The average molecular weight is 482 g/mol. The topological polar surface area (TPSA) is 121 Å². The molecule has 170 valence electrons. The van der Waals surface area contributed by atoms with Gasteiger partial charge >= 0.3 is 0 Å². The number of nitrogens with zero attached hydrogens (tertiary/aromatic N) is 3. The van der Waals surface area contributed by atoms with Crippen LogP contribution in [-0.2, 0) is 34.8 Å². The number of benzene rings is 1. The Morgan fingerprint density at radius 2 is 1.23 bits per heavy atom. The molecule has 2 unspecified atom stereocenters. The number of hydrogen-bond donors (Lipinski definition) is 0. The summed E-state index contributed by atoms with van der Waals surface area (Å²) in [6, 6.07) is 5.43. The van der Waals surface area contributed by atoms with Crippen LogP contribution in [0.4, 0.5) is 0 Å². The van der Waals surface area contributed by atoms with E-state index in [0.29, 0.717) is 0 Å². The van der Waals surface area contributed by atoms with Crippen LogP contribution in [0, 0.1) is 0 Å². The van der Waals surface area contributed by atoms with Crippen molar-refractivity contribution >= 4 is 30.1 Å². The first-order chi connectivity index (χ1) is 13.8. The summed E-state index contributed by atoms with van der Waals surface area (Å²) < 4.78 is 85.5. The fourth-order valence-electron chi connectivity index (χ4n) is 3.73. The van der Waals surface area contributed by atoms with E-state index in [2.05, 4.69) is 0 Å². The molecule has 0 N–H and O–H groups in total. The smallest absolute Gasteiger partial charge is 0.282 e. The van der Waals surface area contributed by atoms with Gasteiger partial charge in [0.15, 0.2) is 9.84 Å². The minimum Gasteiger partial charge on any atom is -0.373 e. The Hall–Kier alpha value is -1.09. The van der Waals surface area contributed by atoms with Crippen molar-refractivity contribution in [3.8, 4) is 0 Å². The maximum Gasteiger partial charge on any atom is 0.282 e. The Labute approximate surface area is 178 Å². The maximum absolute atomic E-state index is 13.1. The van der Waals surface area contributed by atoms with Crippen molar-refractivity contribution in [2.24, 2.45) is 0 Å². The van der Waals surface area contributed by atoms with Gasteiger partial charge in [-0.25, -0.2) is 16.8 Å². The van der Waals surface area contributed by atoms with Crippen LogP contribution in [0.15, 0.2) is 34.1 Å². The summed E-state index contributed by atoms with van der Waals surface area (Å²) in [6.07, 6.45) is 0.506. The van der Waals surface area contributed by atoms with Crippen molar-refractivity contribution in [3.05, 3.63) is 24.3 Å². The molecule has 0 spiro atoms. The van der Waals surface area contributed by atoms with Crippen LogP contribution >= 0.6 is 0 Å². The van der Waals surface area contributed by atoms with Crippen molar-refractivity contribution in [2.75, 3.05) is 45.5 Å². The predicted molar refractivity (Wildman–Crippen MR) is 110 cm³/mol. The molecule has 2 aliphatic rings. The normalized spacial score (nSPS) is 26.0. The summed E-state index contributed by atoms with van der Waals surface area (Å²) in [5.74, 6) is 0. The molecule has 2 atom stereocenters. The van der Waals surface area contributed by atoms with Gasteiger partial charge < -0.3 is 4.74 Å². The van der Waals surface area contributed by atoms with E-state index in [1.807, 2.05) is 13.8 Å². The van der Waals surface area contributed by atoms with Gasteiger partial charge in [0.25, 0.3) is 10.2 Å². The van der Waals surface area contributed by atoms with Crippen molar-refractivity contribution in [3.63, 3.8) is 0 Å². The molecule has 0 radical (unpaired) electrons. The molecular formula is C17H27N3O7S3.